The minimum atomic E-state index is -1.13. The molecule has 2 saturated heterocycles. The maximum atomic E-state index is 12.8. The van der Waals surface area contributed by atoms with Gasteiger partial charge in [-0.25, -0.2) is 9.59 Å². The third-order valence-electron chi connectivity index (χ3n) is 4.02. The van der Waals surface area contributed by atoms with Crippen LogP contribution in [0.4, 0.5) is 10.5 Å². The lowest BCUT2D eigenvalue weighted by Crippen LogP contribution is -2.52. The van der Waals surface area contributed by atoms with Crippen molar-refractivity contribution in [2.24, 2.45) is 0 Å². The first-order valence-corrected chi connectivity index (χ1v) is 7.83. The zero-order valence-corrected chi connectivity index (χ0v) is 13.5. The number of rotatable bonds is 3. The second-order valence-corrected chi connectivity index (χ2v) is 5.88. The van der Waals surface area contributed by atoms with Crippen molar-refractivity contribution in [3.05, 3.63) is 28.8 Å². The molecular formula is C15H16ClN3O5. The highest BCUT2D eigenvalue weighted by atomic mass is 35.5. The van der Waals surface area contributed by atoms with Crippen molar-refractivity contribution in [3.8, 4) is 0 Å². The molecular weight excluding hydrogens is 338 g/mol. The fourth-order valence-electron chi connectivity index (χ4n) is 2.77. The lowest BCUT2D eigenvalue weighted by atomic mass is 10.1. The van der Waals surface area contributed by atoms with Crippen molar-refractivity contribution in [2.45, 2.75) is 6.04 Å². The van der Waals surface area contributed by atoms with E-state index in [2.05, 4.69) is 5.32 Å². The Labute approximate surface area is 142 Å². The minimum Gasteiger partial charge on any atom is -0.480 e. The first kappa shape index (κ1) is 16.5. The van der Waals surface area contributed by atoms with Gasteiger partial charge in [0.15, 0.2) is 6.04 Å². The number of carboxylic acid groups (broad SMARTS) is 1. The molecule has 2 N–H and O–H groups in total. The molecule has 0 aliphatic carbocycles. The zero-order valence-electron chi connectivity index (χ0n) is 12.7. The van der Waals surface area contributed by atoms with Crippen molar-refractivity contribution in [3.63, 3.8) is 0 Å². The zero-order chi connectivity index (χ0) is 17.3. The van der Waals surface area contributed by atoms with Gasteiger partial charge in [-0.15, -0.1) is 0 Å². The largest absolute Gasteiger partial charge is 0.480 e. The van der Waals surface area contributed by atoms with Gasteiger partial charge in [-0.1, -0.05) is 11.6 Å². The standard InChI is InChI=1S/C15H16ClN3O5/c16-11-2-1-9(18-4-3-17-15(18)23)7-10(11)13(20)19-5-6-24-8-12(19)14(21)22/h1-2,7,12H,3-6,8H2,(H,17,23)(H,21,22)/t12-/m0/s1. The number of hydrogen-bond acceptors (Lipinski definition) is 4. The Morgan fingerprint density at radius 1 is 1.33 bits per heavy atom. The average Bonchev–Trinajstić information content (AvgIpc) is 3.00. The number of carbonyl (C=O) groups excluding carboxylic acids is 2. The van der Waals surface area contributed by atoms with Crippen LogP contribution in [0.1, 0.15) is 10.4 Å². The van der Waals surface area contributed by atoms with E-state index in [0.717, 1.165) is 0 Å². The molecule has 128 valence electrons. The highest BCUT2D eigenvalue weighted by molar-refractivity contribution is 6.34. The molecule has 2 aliphatic heterocycles. The predicted octanol–water partition coefficient (Wildman–Crippen LogP) is 0.795. The number of urea groups is 1. The van der Waals surface area contributed by atoms with E-state index in [0.29, 0.717) is 18.8 Å². The van der Waals surface area contributed by atoms with E-state index in [1.54, 1.807) is 6.07 Å². The number of aliphatic carboxylic acids is 1. The minimum absolute atomic E-state index is 0.0626. The van der Waals surface area contributed by atoms with Crippen LogP contribution in [0.15, 0.2) is 18.2 Å². The van der Waals surface area contributed by atoms with Crippen LogP contribution in [0.25, 0.3) is 0 Å². The van der Waals surface area contributed by atoms with Crippen LogP contribution in [0.3, 0.4) is 0 Å². The molecule has 2 aliphatic rings. The van der Waals surface area contributed by atoms with E-state index in [4.69, 9.17) is 16.3 Å². The van der Waals surface area contributed by atoms with Crippen LogP contribution >= 0.6 is 11.6 Å². The number of nitrogens with zero attached hydrogens (tertiary/aromatic N) is 2. The number of benzene rings is 1. The van der Waals surface area contributed by atoms with E-state index in [1.807, 2.05) is 0 Å². The molecule has 2 fully saturated rings. The maximum absolute atomic E-state index is 12.8. The summed E-state index contributed by atoms with van der Waals surface area (Å²) in [6.07, 6.45) is 0. The predicted molar refractivity (Wildman–Crippen MR) is 85.5 cm³/mol. The Balaban J connectivity index is 1.91. The van der Waals surface area contributed by atoms with Crippen LogP contribution in [0.2, 0.25) is 5.02 Å². The Morgan fingerprint density at radius 2 is 2.12 bits per heavy atom. The fourth-order valence-corrected chi connectivity index (χ4v) is 2.97. The van der Waals surface area contributed by atoms with Crippen LogP contribution < -0.4 is 10.2 Å². The molecule has 1 atom stereocenters. The normalized spacial score (nSPS) is 20.9. The number of morpholine rings is 1. The van der Waals surface area contributed by atoms with Crippen molar-refractivity contribution in [1.29, 1.82) is 0 Å². The molecule has 0 spiro atoms. The molecule has 1 aromatic rings. The quantitative estimate of drug-likeness (QED) is 0.837. The van der Waals surface area contributed by atoms with Gasteiger partial charge in [-0.05, 0) is 18.2 Å². The first-order valence-electron chi connectivity index (χ1n) is 7.45. The third kappa shape index (κ3) is 3.02. The van der Waals surface area contributed by atoms with Gasteiger partial charge in [0.25, 0.3) is 5.91 Å². The lowest BCUT2D eigenvalue weighted by molar-refractivity contribution is -0.147. The molecule has 0 bridgehead atoms. The van der Waals surface area contributed by atoms with Crippen molar-refractivity contribution in [2.75, 3.05) is 37.7 Å². The van der Waals surface area contributed by atoms with Crippen LogP contribution in [-0.4, -0.2) is 66.8 Å². The van der Waals surface area contributed by atoms with E-state index in [-0.39, 0.29) is 36.4 Å². The summed E-state index contributed by atoms with van der Waals surface area (Å²) in [6.45, 7) is 1.38. The van der Waals surface area contributed by atoms with Crippen LogP contribution in [0, 0.1) is 0 Å². The number of nitrogens with one attached hydrogen (secondary N) is 1. The molecule has 24 heavy (non-hydrogen) atoms. The molecule has 0 unspecified atom stereocenters. The van der Waals surface area contributed by atoms with Crippen LogP contribution in [-0.2, 0) is 9.53 Å². The van der Waals surface area contributed by atoms with Gasteiger partial charge in [0.05, 0.1) is 23.8 Å². The Bertz CT molecular complexity index is 696. The summed E-state index contributed by atoms with van der Waals surface area (Å²) in [5.41, 5.74) is 0.708. The second-order valence-electron chi connectivity index (χ2n) is 5.48. The van der Waals surface area contributed by atoms with E-state index < -0.39 is 17.9 Å². The first-order chi connectivity index (χ1) is 11.5. The Hall–Kier alpha value is -2.32. The number of anilines is 1. The summed E-state index contributed by atoms with van der Waals surface area (Å²) in [5, 5.41) is 12.2. The van der Waals surface area contributed by atoms with Crippen molar-refractivity contribution in [1.82, 2.24) is 10.2 Å². The summed E-state index contributed by atoms with van der Waals surface area (Å²) >= 11 is 6.14. The number of amides is 3. The van der Waals surface area contributed by atoms with Gasteiger partial charge in [0.1, 0.15) is 0 Å². The molecule has 3 amide bonds. The highest BCUT2D eigenvalue weighted by Crippen LogP contribution is 2.26. The van der Waals surface area contributed by atoms with Gasteiger partial charge in [0, 0.05) is 25.3 Å². The number of ether oxygens (including phenoxy) is 1. The monoisotopic (exact) mass is 353 g/mol. The number of hydrogen-bond donors (Lipinski definition) is 2. The van der Waals surface area contributed by atoms with E-state index in [1.165, 1.54) is 21.9 Å². The van der Waals surface area contributed by atoms with E-state index in [9.17, 15) is 19.5 Å². The van der Waals surface area contributed by atoms with Gasteiger partial charge >= 0.3 is 12.0 Å². The van der Waals surface area contributed by atoms with Gasteiger partial charge in [-0.3, -0.25) is 9.69 Å². The summed E-state index contributed by atoms with van der Waals surface area (Å²) < 4.78 is 5.14. The van der Waals surface area contributed by atoms with Crippen molar-refractivity contribution < 1.29 is 24.2 Å². The highest BCUT2D eigenvalue weighted by Gasteiger charge is 2.34. The molecule has 1 aromatic carbocycles. The molecule has 3 rings (SSSR count). The molecule has 2 heterocycles. The fraction of sp³-hybridized carbons (Fsp3) is 0.400. The number of carbonyl (C=O) groups is 3. The van der Waals surface area contributed by atoms with Gasteiger partial charge in [-0.2, -0.15) is 0 Å². The summed E-state index contributed by atoms with van der Waals surface area (Å²) in [4.78, 5) is 38.6. The van der Waals surface area contributed by atoms with Gasteiger partial charge < -0.3 is 20.1 Å². The Morgan fingerprint density at radius 3 is 2.79 bits per heavy atom. The number of halogens is 1. The SMILES string of the molecule is O=C(O)[C@@H]1COCCN1C(=O)c1cc(N2CCNC2=O)ccc1Cl. The molecule has 8 nitrogen and oxygen atoms in total. The third-order valence-corrected chi connectivity index (χ3v) is 4.35. The van der Waals surface area contributed by atoms with Crippen LogP contribution in [0.5, 0.6) is 0 Å². The topological polar surface area (TPSA) is 99.2 Å². The maximum Gasteiger partial charge on any atom is 0.328 e. The van der Waals surface area contributed by atoms with Gasteiger partial charge in [0.2, 0.25) is 0 Å². The molecule has 0 aromatic heterocycles. The summed E-state index contributed by atoms with van der Waals surface area (Å²) in [6, 6.07) is 3.40. The van der Waals surface area contributed by atoms with E-state index >= 15 is 0 Å². The molecule has 9 heteroatoms. The number of carboxylic acids is 1. The molecule has 0 radical (unpaired) electrons. The smallest absolute Gasteiger partial charge is 0.328 e. The summed E-state index contributed by atoms with van der Waals surface area (Å²) in [5.74, 6) is -1.62. The molecule has 0 saturated carbocycles. The second kappa shape index (κ2) is 6.66. The Kier molecular flexibility index (Phi) is 4.59. The lowest BCUT2D eigenvalue weighted by Gasteiger charge is -2.33. The average molecular weight is 354 g/mol. The van der Waals surface area contributed by atoms with Crippen molar-refractivity contribution >= 4 is 35.2 Å². The summed E-state index contributed by atoms with van der Waals surface area (Å²) in [7, 11) is 0.